The van der Waals surface area contributed by atoms with Crippen LogP contribution < -0.4 is 5.73 Å². The SMILES string of the molecule is NC(Cc1ccc([N+](=O)[O-])cc1CCP(=O)(O)O)C(=O)O. The summed E-state index contributed by atoms with van der Waals surface area (Å²) in [5.74, 6) is -1.23. The van der Waals surface area contributed by atoms with E-state index in [1.807, 2.05) is 0 Å². The molecule has 5 N–H and O–H groups in total. The van der Waals surface area contributed by atoms with Crippen molar-refractivity contribution in [3.63, 3.8) is 0 Å². The number of aryl methyl sites for hydroxylation is 1. The van der Waals surface area contributed by atoms with Gasteiger partial charge in [-0.25, -0.2) is 0 Å². The van der Waals surface area contributed by atoms with Gasteiger partial charge in [0.1, 0.15) is 6.04 Å². The number of hydrogen-bond acceptors (Lipinski definition) is 5. The van der Waals surface area contributed by atoms with Crippen LogP contribution in [-0.2, 0) is 22.2 Å². The van der Waals surface area contributed by atoms with Gasteiger partial charge in [-0.3, -0.25) is 19.5 Å². The Hall–Kier alpha value is -1.80. The highest BCUT2D eigenvalue weighted by molar-refractivity contribution is 7.51. The Morgan fingerprint density at radius 3 is 2.48 bits per heavy atom. The Bertz CT molecular complexity index is 598. The van der Waals surface area contributed by atoms with E-state index in [9.17, 15) is 19.5 Å². The van der Waals surface area contributed by atoms with Crippen molar-refractivity contribution in [1.29, 1.82) is 0 Å². The number of benzene rings is 1. The number of nitrogens with two attached hydrogens (primary N) is 1. The maximum absolute atomic E-state index is 10.9. The molecule has 0 saturated carbocycles. The van der Waals surface area contributed by atoms with Gasteiger partial charge < -0.3 is 20.6 Å². The second-order valence-corrected chi connectivity index (χ2v) is 6.27. The van der Waals surface area contributed by atoms with E-state index in [4.69, 9.17) is 20.6 Å². The molecule has 21 heavy (non-hydrogen) atoms. The predicted molar refractivity (Wildman–Crippen MR) is 73.0 cm³/mol. The molecule has 0 bridgehead atoms. The van der Waals surface area contributed by atoms with Crippen LogP contribution in [0.2, 0.25) is 0 Å². The summed E-state index contributed by atoms with van der Waals surface area (Å²) in [6.07, 6.45) is -0.666. The van der Waals surface area contributed by atoms with Crippen molar-refractivity contribution in [2.24, 2.45) is 5.73 Å². The van der Waals surface area contributed by atoms with Crippen molar-refractivity contribution in [2.45, 2.75) is 18.9 Å². The van der Waals surface area contributed by atoms with Gasteiger partial charge in [-0.15, -0.1) is 0 Å². The lowest BCUT2D eigenvalue weighted by molar-refractivity contribution is -0.384. The zero-order chi connectivity index (χ0) is 16.2. The Balaban J connectivity index is 3.07. The van der Waals surface area contributed by atoms with E-state index in [-0.39, 0.29) is 18.5 Å². The number of nitrogens with zero attached hydrogens (tertiary/aromatic N) is 1. The fraction of sp³-hybridized carbons (Fsp3) is 0.364. The molecule has 0 saturated heterocycles. The van der Waals surface area contributed by atoms with Crippen LogP contribution in [0.1, 0.15) is 11.1 Å². The summed E-state index contributed by atoms with van der Waals surface area (Å²) in [5, 5.41) is 19.5. The van der Waals surface area contributed by atoms with Crippen LogP contribution in [0, 0.1) is 10.1 Å². The largest absolute Gasteiger partial charge is 0.480 e. The van der Waals surface area contributed by atoms with Gasteiger partial charge >= 0.3 is 13.6 Å². The molecule has 0 aliphatic carbocycles. The molecule has 1 unspecified atom stereocenters. The molecule has 9 nitrogen and oxygen atoms in total. The molecule has 10 heteroatoms. The van der Waals surface area contributed by atoms with E-state index in [2.05, 4.69) is 0 Å². The second-order valence-electron chi connectivity index (χ2n) is 4.50. The number of carboxylic acids is 1. The highest BCUT2D eigenvalue weighted by atomic mass is 31.2. The van der Waals surface area contributed by atoms with Crippen LogP contribution >= 0.6 is 7.60 Å². The highest BCUT2D eigenvalue weighted by Gasteiger charge is 2.19. The minimum absolute atomic E-state index is 0.0795. The molecular formula is C11H15N2O7P. The lowest BCUT2D eigenvalue weighted by Crippen LogP contribution is -2.32. The van der Waals surface area contributed by atoms with Crippen LogP contribution in [0.25, 0.3) is 0 Å². The first-order valence-corrected chi connectivity index (χ1v) is 7.69. The van der Waals surface area contributed by atoms with Crippen molar-refractivity contribution in [3.8, 4) is 0 Å². The lowest BCUT2D eigenvalue weighted by Gasteiger charge is -2.12. The van der Waals surface area contributed by atoms with Gasteiger partial charge in [0.2, 0.25) is 0 Å². The third-order valence-electron chi connectivity index (χ3n) is 2.83. The van der Waals surface area contributed by atoms with Gasteiger partial charge in [0.05, 0.1) is 11.1 Å². The number of carboxylic acid groups (broad SMARTS) is 1. The third kappa shape index (κ3) is 5.60. The van der Waals surface area contributed by atoms with E-state index >= 15 is 0 Å². The maximum atomic E-state index is 10.9. The Morgan fingerprint density at radius 2 is 2.00 bits per heavy atom. The average Bonchev–Trinajstić information content (AvgIpc) is 2.36. The van der Waals surface area contributed by atoms with Gasteiger partial charge in [-0.1, -0.05) is 6.07 Å². The molecule has 0 spiro atoms. The summed E-state index contributed by atoms with van der Waals surface area (Å²) >= 11 is 0. The molecule has 1 aromatic carbocycles. The number of nitro benzene ring substituents is 1. The number of rotatable bonds is 7. The summed E-state index contributed by atoms with van der Waals surface area (Å²) in [4.78, 5) is 38.6. The molecule has 0 aliphatic heterocycles. The molecule has 116 valence electrons. The first-order chi connectivity index (χ1) is 9.60. The van der Waals surface area contributed by atoms with Crippen LogP contribution in [0.5, 0.6) is 0 Å². The molecular weight excluding hydrogens is 303 g/mol. The quantitative estimate of drug-likeness (QED) is 0.316. The summed E-state index contributed by atoms with van der Waals surface area (Å²) in [5.41, 5.74) is 5.91. The van der Waals surface area contributed by atoms with Crippen LogP contribution in [0.3, 0.4) is 0 Å². The average molecular weight is 318 g/mol. The number of aliphatic carboxylic acids is 1. The van der Waals surface area contributed by atoms with Crippen molar-refractivity contribution in [2.75, 3.05) is 6.16 Å². The minimum Gasteiger partial charge on any atom is -0.480 e. The highest BCUT2D eigenvalue weighted by Crippen LogP contribution is 2.35. The van der Waals surface area contributed by atoms with E-state index in [1.54, 1.807) is 0 Å². The van der Waals surface area contributed by atoms with Gasteiger partial charge in [0.25, 0.3) is 5.69 Å². The van der Waals surface area contributed by atoms with Crippen molar-refractivity contribution in [3.05, 3.63) is 39.4 Å². The molecule has 0 radical (unpaired) electrons. The van der Waals surface area contributed by atoms with E-state index < -0.39 is 30.7 Å². The second kappa shape index (κ2) is 6.77. The molecule has 1 atom stereocenters. The van der Waals surface area contributed by atoms with Crippen LogP contribution in [0.4, 0.5) is 5.69 Å². The monoisotopic (exact) mass is 318 g/mol. The van der Waals surface area contributed by atoms with Crippen molar-refractivity contribution < 1.29 is 29.2 Å². The Kier molecular flexibility index (Phi) is 5.56. The zero-order valence-corrected chi connectivity index (χ0v) is 11.8. The summed E-state index contributed by atoms with van der Waals surface area (Å²) in [7, 11) is -4.26. The molecule has 0 amide bonds. The normalized spacial score (nSPS) is 12.9. The standard InChI is InChI=1S/C11H15N2O7P/c12-10(11(14)15)6-7-1-2-9(13(16)17)5-8(7)3-4-21(18,19)20/h1-2,5,10H,3-4,6,12H2,(H,14,15)(H2,18,19,20). The van der Waals surface area contributed by atoms with E-state index in [0.717, 1.165) is 0 Å². The first-order valence-electron chi connectivity index (χ1n) is 5.89. The smallest absolute Gasteiger partial charge is 0.325 e. The van der Waals surface area contributed by atoms with Gasteiger partial charge in [-0.2, -0.15) is 0 Å². The van der Waals surface area contributed by atoms with Gasteiger partial charge in [0.15, 0.2) is 0 Å². The Labute approximate surface area is 119 Å². The molecule has 1 aromatic rings. The maximum Gasteiger partial charge on any atom is 0.325 e. The fourth-order valence-corrected chi connectivity index (χ4v) is 2.28. The number of carbonyl (C=O) groups is 1. The molecule has 0 aromatic heterocycles. The topological polar surface area (TPSA) is 164 Å². The van der Waals surface area contributed by atoms with Gasteiger partial charge in [-0.05, 0) is 24.0 Å². The number of non-ortho nitro benzene ring substituents is 1. The summed E-state index contributed by atoms with van der Waals surface area (Å²) < 4.78 is 10.9. The van der Waals surface area contributed by atoms with Gasteiger partial charge in [0, 0.05) is 12.1 Å². The lowest BCUT2D eigenvalue weighted by atomic mass is 9.98. The molecule has 0 heterocycles. The van der Waals surface area contributed by atoms with Crippen LogP contribution in [-0.4, -0.2) is 38.0 Å². The van der Waals surface area contributed by atoms with Crippen LogP contribution in [0.15, 0.2) is 18.2 Å². The fourth-order valence-electron chi connectivity index (χ4n) is 1.75. The molecule has 1 rings (SSSR count). The summed E-state index contributed by atoms with van der Waals surface area (Å²) in [6.45, 7) is 0. The molecule has 0 fully saturated rings. The minimum atomic E-state index is -4.26. The predicted octanol–water partition coefficient (Wildman–Crippen LogP) is 0.269. The molecule has 0 aliphatic rings. The number of nitro groups is 1. The first kappa shape index (κ1) is 17.3. The number of hydrogen-bond donors (Lipinski definition) is 4. The van der Waals surface area contributed by atoms with E-state index in [1.165, 1.54) is 18.2 Å². The zero-order valence-electron chi connectivity index (χ0n) is 10.9. The van der Waals surface area contributed by atoms with Crippen molar-refractivity contribution >= 4 is 19.3 Å². The van der Waals surface area contributed by atoms with Crippen molar-refractivity contribution in [1.82, 2.24) is 0 Å². The summed E-state index contributed by atoms with van der Waals surface area (Å²) in [6, 6.07) is 2.54. The van der Waals surface area contributed by atoms with E-state index in [0.29, 0.717) is 11.1 Å². The third-order valence-corrected chi connectivity index (χ3v) is 3.64. The Morgan fingerprint density at radius 1 is 1.38 bits per heavy atom.